The summed E-state index contributed by atoms with van der Waals surface area (Å²) in [5.41, 5.74) is 1.57. The second-order valence-corrected chi connectivity index (χ2v) is 4.64. The number of likely N-dealkylation sites (tertiary alicyclic amines) is 1. The van der Waals surface area contributed by atoms with Crippen LogP contribution in [-0.4, -0.2) is 28.9 Å². The molecule has 1 aliphatic rings. The number of carbonyl (C=O) groups is 1. The van der Waals surface area contributed by atoms with Crippen LogP contribution < -0.4 is 0 Å². The number of nitrogens with zero attached hydrogens (tertiary/aromatic N) is 2. The van der Waals surface area contributed by atoms with Crippen molar-refractivity contribution in [2.24, 2.45) is 5.92 Å². The molecule has 2 rings (SSSR count). The zero-order chi connectivity index (χ0) is 11.5. The van der Waals surface area contributed by atoms with Gasteiger partial charge in [-0.3, -0.25) is 9.78 Å². The summed E-state index contributed by atoms with van der Waals surface area (Å²) in [5, 5.41) is 0. The van der Waals surface area contributed by atoms with Crippen molar-refractivity contribution in [3.05, 3.63) is 29.6 Å². The van der Waals surface area contributed by atoms with E-state index in [9.17, 15) is 4.79 Å². The first-order valence-corrected chi connectivity index (χ1v) is 5.89. The molecule has 86 valence electrons. The van der Waals surface area contributed by atoms with E-state index < -0.39 is 0 Å². The molecule has 0 unspecified atom stereocenters. The fourth-order valence-electron chi connectivity index (χ4n) is 2.07. The predicted octanol–water partition coefficient (Wildman–Crippen LogP) is 2.26. The Bertz CT molecular complexity index is 381. The number of aromatic nitrogens is 1. The molecule has 1 saturated heterocycles. The molecule has 0 radical (unpaired) electrons. The van der Waals surface area contributed by atoms with Crippen molar-refractivity contribution in [1.29, 1.82) is 0 Å². The lowest BCUT2D eigenvalue weighted by atomic mass is 9.99. The van der Waals surface area contributed by atoms with Gasteiger partial charge in [0.1, 0.15) is 5.69 Å². The Hall–Kier alpha value is -1.38. The summed E-state index contributed by atoms with van der Waals surface area (Å²) in [6.45, 7) is 5.92. The summed E-state index contributed by atoms with van der Waals surface area (Å²) < 4.78 is 0. The van der Waals surface area contributed by atoms with Crippen molar-refractivity contribution in [1.82, 2.24) is 9.88 Å². The van der Waals surface area contributed by atoms with E-state index in [1.807, 2.05) is 24.0 Å². The lowest BCUT2D eigenvalue weighted by molar-refractivity contribution is 0.0690. The van der Waals surface area contributed by atoms with Gasteiger partial charge in [0.05, 0.1) is 0 Å². The van der Waals surface area contributed by atoms with Crippen molar-refractivity contribution in [3.8, 4) is 0 Å². The van der Waals surface area contributed by atoms with Gasteiger partial charge < -0.3 is 4.90 Å². The molecule has 0 aromatic carbocycles. The van der Waals surface area contributed by atoms with Gasteiger partial charge in [-0.2, -0.15) is 0 Å². The number of hydrogen-bond acceptors (Lipinski definition) is 2. The summed E-state index contributed by atoms with van der Waals surface area (Å²) >= 11 is 0. The Balaban J connectivity index is 2.11. The molecule has 0 atom stereocenters. The molecule has 1 fully saturated rings. The molecule has 16 heavy (non-hydrogen) atoms. The Labute approximate surface area is 96.5 Å². The third-order valence-corrected chi connectivity index (χ3v) is 3.28. The second-order valence-electron chi connectivity index (χ2n) is 4.64. The first-order chi connectivity index (χ1) is 7.68. The monoisotopic (exact) mass is 218 g/mol. The fourth-order valence-corrected chi connectivity index (χ4v) is 2.07. The summed E-state index contributed by atoms with van der Waals surface area (Å²) in [4.78, 5) is 18.3. The van der Waals surface area contributed by atoms with Crippen molar-refractivity contribution in [2.45, 2.75) is 26.7 Å². The SMILES string of the molecule is Cc1cccnc1C(=O)N1CCC(C)CC1. The van der Waals surface area contributed by atoms with Crippen LogP contribution in [0.4, 0.5) is 0 Å². The molecule has 0 aliphatic carbocycles. The maximum absolute atomic E-state index is 12.2. The van der Waals surface area contributed by atoms with Crippen LogP contribution >= 0.6 is 0 Å². The zero-order valence-corrected chi connectivity index (χ0v) is 9.94. The van der Waals surface area contributed by atoms with E-state index in [1.54, 1.807) is 6.20 Å². The van der Waals surface area contributed by atoms with Gasteiger partial charge in [-0.05, 0) is 37.3 Å². The zero-order valence-electron chi connectivity index (χ0n) is 9.94. The van der Waals surface area contributed by atoms with E-state index in [2.05, 4.69) is 11.9 Å². The van der Waals surface area contributed by atoms with Crippen LogP contribution in [0.15, 0.2) is 18.3 Å². The highest BCUT2D eigenvalue weighted by molar-refractivity contribution is 5.93. The number of pyridine rings is 1. The highest BCUT2D eigenvalue weighted by Crippen LogP contribution is 2.18. The number of aryl methyl sites for hydroxylation is 1. The van der Waals surface area contributed by atoms with Gasteiger partial charge in [0.15, 0.2) is 0 Å². The molecule has 0 saturated carbocycles. The molecule has 3 heteroatoms. The summed E-state index contributed by atoms with van der Waals surface area (Å²) in [7, 11) is 0. The van der Waals surface area contributed by atoms with Crippen molar-refractivity contribution in [2.75, 3.05) is 13.1 Å². The van der Waals surface area contributed by atoms with Crippen molar-refractivity contribution in [3.63, 3.8) is 0 Å². The van der Waals surface area contributed by atoms with Gasteiger partial charge in [0, 0.05) is 19.3 Å². The number of amides is 1. The van der Waals surface area contributed by atoms with E-state index in [4.69, 9.17) is 0 Å². The van der Waals surface area contributed by atoms with Gasteiger partial charge in [0.2, 0.25) is 0 Å². The fraction of sp³-hybridized carbons (Fsp3) is 0.538. The van der Waals surface area contributed by atoms with E-state index in [1.165, 1.54) is 0 Å². The number of piperidine rings is 1. The quantitative estimate of drug-likeness (QED) is 0.724. The normalized spacial score (nSPS) is 17.5. The Kier molecular flexibility index (Phi) is 3.22. The molecule has 0 spiro atoms. The third kappa shape index (κ3) is 2.23. The van der Waals surface area contributed by atoms with Crippen molar-refractivity contribution >= 4 is 5.91 Å². The Morgan fingerprint density at radius 1 is 1.44 bits per heavy atom. The standard InChI is InChI=1S/C13H18N2O/c1-10-5-8-15(9-6-10)13(16)12-11(2)4-3-7-14-12/h3-4,7,10H,5-6,8-9H2,1-2H3. The maximum atomic E-state index is 12.2. The number of carbonyl (C=O) groups excluding carboxylic acids is 1. The molecule has 2 heterocycles. The summed E-state index contributed by atoms with van der Waals surface area (Å²) in [6, 6.07) is 3.80. The first-order valence-electron chi connectivity index (χ1n) is 5.89. The maximum Gasteiger partial charge on any atom is 0.272 e. The highest BCUT2D eigenvalue weighted by Gasteiger charge is 2.22. The van der Waals surface area contributed by atoms with E-state index in [0.717, 1.165) is 37.4 Å². The van der Waals surface area contributed by atoms with Crippen LogP contribution in [0.2, 0.25) is 0 Å². The van der Waals surface area contributed by atoms with Gasteiger partial charge in [-0.1, -0.05) is 13.0 Å². The van der Waals surface area contributed by atoms with Crippen LogP contribution in [0.5, 0.6) is 0 Å². The minimum absolute atomic E-state index is 0.0880. The molecule has 0 bridgehead atoms. The number of rotatable bonds is 1. The molecule has 3 nitrogen and oxygen atoms in total. The summed E-state index contributed by atoms with van der Waals surface area (Å²) in [5.74, 6) is 0.832. The smallest absolute Gasteiger partial charge is 0.272 e. The van der Waals surface area contributed by atoms with Crippen LogP contribution in [0.3, 0.4) is 0 Å². The van der Waals surface area contributed by atoms with Gasteiger partial charge in [0.25, 0.3) is 5.91 Å². The molecular formula is C13H18N2O. The first kappa shape index (κ1) is 11.1. The largest absolute Gasteiger partial charge is 0.337 e. The molecule has 1 aliphatic heterocycles. The molecular weight excluding hydrogens is 200 g/mol. The van der Waals surface area contributed by atoms with E-state index in [0.29, 0.717) is 5.69 Å². The van der Waals surface area contributed by atoms with Crippen LogP contribution in [-0.2, 0) is 0 Å². The lowest BCUT2D eigenvalue weighted by Gasteiger charge is -2.30. The molecule has 1 aromatic heterocycles. The Morgan fingerprint density at radius 2 is 2.12 bits per heavy atom. The predicted molar refractivity (Wildman–Crippen MR) is 63.3 cm³/mol. The van der Waals surface area contributed by atoms with E-state index >= 15 is 0 Å². The van der Waals surface area contributed by atoms with Gasteiger partial charge in [-0.15, -0.1) is 0 Å². The molecule has 1 aromatic rings. The third-order valence-electron chi connectivity index (χ3n) is 3.28. The van der Waals surface area contributed by atoms with Crippen molar-refractivity contribution < 1.29 is 4.79 Å². The number of hydrogen-bond donors (Lipinski definition) is 0. The second kappa shape index (κ2) is 4.64. The Morgan fingerprint density at radius 3 is 2.75 bits per heavy atom. The average molecular weight is 218 g/mol. The van der Waals surface area contributed by atoms with Gasteiger partial charge in [-0.25, -0.2) is 0 Å². The average Bonchev–Trinajstić information content (AvgIpc) is 2.30. The van der Waals surface area contributed by atoms with Gasteiger partial charge >= 0.3 is 0 Å². The highest BCUT2D eigenvalue weighted by atomic mass is 16.2. The summed E-state index contributed by atoms with van der Waals surface area (Å²) in [6.07, 6.45) is 3.90. The van der Waals surface area contributed by atoms with Crippen LogP contribution in [0.25, 0.3) is 0 Å². The lowest BCUT2D eigenvalue weighted by Crippen LogP contribution is -2.38. The minimum atomic E-state index is 0.0880. The van der Waals surface area contributed by atoms with Crippen LogP contribution in [0, 0.1) is 12.8 Å². The van der Waals surface area contributed by atoms with E-state index in [-0.39, 0.29) is 5.91 Å². The minimum Gasteiger partial charge on any atom is -0.337 e. The molecule has 1 amide bonds. The van der Waals surface area contributed by atoms with Crippen LogP contribution in [0.1, 0.15) is 35.8 Å². The molecule has 0 N–H and O–H groups in total. The topological polar surface area (TPSA) is 33.2 Å².